The number of carbonyl (C=O) groups is 2. The maximum atomic E-state index is 13.1. The molecule has 7 nitrogen and oxygen atoms in total. The topological polar surface area (TPSA) is 87.5 Å². The van der Waals surface area contributed by atoms with Crippen molar-refractivity contribution in [2.24, 2.45) is 0 Å². The van der Waals surface area contributed by atoms with Gasteiger partial charge in [-0.2, -0.15) is 13.2 Å². The molecule has 0 spiro atoms. The number of amides is 3. The third-order valence-corrected chi connectivity index (χ3v) is 3.83. The number of aromatic nitrogens is 1. The number of unbranched alkanes of at least 4 members (excludes halogenated alkanes) is 2. The van der Waals surface area contributed by atoms with Crippen LogP contribution in [0.5, 0.6) is 0 Å². The van der Waals surface area contributed by atoms with Crippen molar-refractivity contribution in [2.75, 3.05) is 23.7 Å². The van der Waals surface area contributed by atoms with Gasteiger partial charge in [0.05, 0.1) is 11.3 Å². The van der Waals surface area contributed by atoms with E-state index in [9.17, 15) is 22.8 Å². The van der Waals surface area contributed by atoms with Crippen molar-refractivity contribution in [3.63, 3.8) is 0 Å². The van der Waals surface area contributed by atoms with Crippen molar-refractivity contribution in [3.8, 4) is 0 Å². The van der Waals surface area contributed by atoms with Gasteiger partial charge < -0.3 is 20.1 Å². The van der Waals surface area contributed by atoms with Crippen molar-refractivity contribution in [1.29, 1.82) is 0 Å². The Bertz CT molecular complexity index is 779. The number of hydrogen-bond donors (Lipinski definition) is 2. The third kappa shape index (κ3) is 6.29. The molecule has 1 aromatic heterocycles. The molecule has 0 aliphatic rings. The van der Waals surface area contributed by atoms with Gasteiger partial charge in [-0.1, -0.05) is 37.1 Å². The highest BCUT2D eigenvalue weighted by molar-refractivity contribution is 5.96. The molecule has 0 fully saturated rings. The minimum absolute atomic E-state index is 0.182. The summed E-state index contributed by atoms with van der Waals surface area (Å²) in [4.78, 5) is 25.9. The van der Waals surface area contributed by atoms with Crippen LogP contribution >= 0.6 is 0 Å². The Balaban J connectivity index is 2.09. The van der Waals surface area contributed by atoms with Crippen LogP contribution in [0.1, 0.15) is 31.7 Å². The van der Waals surface area contributed by atoms with E-state index in [2.05, 4.69) is 20.3 Å². The number of urea groups is 1. The zero-order valence-electron chi connectivity index (χ0n) is 15.3. The number of carbonyl (C=O) groups excluding carboxylic acids is 2. The fourth-order valence-corrected chi connectivity index (χ4v) is 2.47. The third-order valence-electron chi connectivity index (χ3n) is 3.83. The van der Waals surface area contributed by atoms with Crippen LogP contribution in [-0.4, -0.2) is 35.1 Å². The molecule has 0 saturated carbocycles. The van der Waals surface area contributed by atoms with Gasteiger partial charge in [0.1, 0.15) is 12.8 Å². The van der Waals surface area contributed by atoms with E-state index in [-0.39, 0.29) is 24.6 Å². The normalized spacial score (nSPS) is 11.1. The van der Waals surface area contributed by atoms with Crippen LogP contribution in [0.4, 0.5) is 29.5 Å². The summed E-state index contributed by atoms with van der Waals surface area (Å²) in [5, 5.41) is 8.25. The van der Waals surface area contributed by atoms with Crippen molar-refractivity contribution < 1.29 is 27.3 Å². The van der Waals surface area contributed by atoms with Crippen LogP contribution in [0.3, 0.4) is 0 Å². The molecule has 0 bridgehead atoms. The predicted molar refractivity (Wildman–Crippen MR) is 96.7 cm³/mol. The highest BCUT2D eigenvalue weighted by Gasteiger charge is 2.34. The number of alkyl halides is 3. The summed E-state index contributed by atoms with van der Waals surface area (Å²) < 4.78 is 44.0. The number of nitrogens with one attached hydrogen (secondary N) is 2. The van der Waals surface area contributed by atoms with Gasteiger partial charge in [0.25, 0.3) is 0 Å². The predicted octanol–water partition coefficient (Wildman–Crippen LogP) is 4.36. The van der Waals surface area contributed by atoms with Gasteiger partial charge in [-0.15, -0.1) is 0 Å². The van der Waals surface area contributed by atoms with Crippen LogP contribution in [0.25, 0.3) is 0 Å². The van der Waals surface area contributed by atoms with E-state index < -0.39 is 23.7 Å². The average Bonchev–Trinajstić information content (AvgIpc) is 3.13. The highest BCUT2D eigenvalue weighted by atomic mass is 19.4. The minimum Gasteiger partial charge on any atom is -0.363 e. The first-order valence-corrected chi connectivity index (χ1v) is 8.73. The lowest BCUT2D eigenvalue weighted by Crippen LogP contribution is -2.41. The average molecular weight is 398 g/mol. The molecule has 0 saturated heterocycles. The SMILES string of the molecule is CCCCCN(CC(=O)Nc1ccon1)C(=O)Nc1ccccc1C(F)(F)F. The number of halogens is 3. The van der Waals surface area contributed by atoms with E-state index in [1.54, 1.807) is 0 Å². The maximum Gasteiger partial charge on any atom is 0.418 e. The minimum atomic E-state index is -4.61. The summed E-state index contributed by atoms with van der Waals surface area (Å²) in [6, 6.07) is 5.32. The lowest BCUT2D eigenvalue weighted by Gasteiger charge is -2.23. The summed E-state index contributed by atoms with van der Waals surface area (Å²) in [5.41, 5.74) is -1.32. The van der Waals surface area contributed by atoms with Crippen LogP contribution < -0.4 is 10.6 Å². The molecule has 0 unspecified atom stereocenters. The molecule has 28 heavy (non-hydrogen) atoms. The largest absolute Gasteiger partial charge is 0.418 e. The summed E-state index contributed by atoms with van der Waals surface area (Å²) >= 11 is 0. The lowest BCUT2D eigenvalue weighted by molar-refractivity contribution is -0.137. The van der Waals surface area contributed by atoms with Crippen molar-refractivity contribution >= 4 is 23.4 Å². The number of anilines is 2. The van der Waals surface area contributed by atoms with Gasteiger partial charge in [0.2, 0.25) is 5.91 Å². The zero-order chi connectivity index (χ0) is 20.6. The lowest BCUT2D eigenvalue weighted by atomic mass is 10.1. The summed E-state index contributed by atoms with van der Waals surface area (Å²) in [6.07, 6.45) is -1.02. The molecule has 10 heteroatoms. The summed E-state index contributed by atoms with van der Waals surface area (Å²) in [5.74, 6) is -0.356. The van der Waals surface area contributed by atoms with E-state index in [0.717, 1.165) is 23.8 Å². The molecule has 0 aliphatic heterocycles. The zero-order valence-corrected chi connectivity index (χ0v) is 15.3. The molecule has 1 aromatic carbocycles. The van der Waals surface area contributed by atoms with Gasteiger partial charge in [-0.25, -0.2) is 4.79 Å². The monoisotopic (exact) mass is 398 g/mol. The van der Waals surface area contributed by atoms with Gasteiger partial charge in [0.15, 0.2) is 5.82 Å². The fourth-order valence-electron chi connectivity index (χ4n) is 2.47. The molecule has 3 amide bonds. The van der Waals surface area contributed by atoms with Gasteiger partial charge >= 0.3 is 12.2 Å². The molecule has 0 radical (unpaired) electrons. The Morgan fingerprint density at radius 2 is 1.89 bits per heavy atom. The molecule has 2 rings (SSSR count). The number of nitrogens with zero attached hydrogens (tertiary/aromatic N) is 2. The molecule has 2 N–H and O–H groups in total. The summed E-state index contributed by atoms with van der Waals surface area (Å²) in [7, 11) is 0. The van der Waals surface area contributed by atoms with Crippen LogP contribution in [-0.2, 0) is 11.0 Å². The fraction of sp³-hybridized carbons (Fsp3) is 0.389. The molecule has 152 valence electrons. The smallest absolute Gasteiger partial charge is 0.363 e. The first-order valence-electron chi connectivity index (χ1n) is 8.73. The summed E-state index contributed by atoms with van der Waals surface area (Å²) in [6.45, 7) is 1.86. The Hall–Kier alpha value is -3.04. The molecular weight excluding hydrogens is 377 g/mol. The van der Waals surface area contributed by atoms with E-state index >= 15 is 0 Å². The van der Waals surface area contributed by atoms with Gasteiger partial charge in [-0.05, 0) is 18.6 Å². The number of rotatable bonds is 8. The van der Waals surface area contributed by atoms with E-state index in [0.29, 0.717) is 6.42 Å². The molecule has 0 aliphatic carbocycles. The van der Waals surface area contributed by atoms with Gasteiger partial charge in [0, 0.05) is 12.6 Å². The highest BCUT2D eigenvalue weighted by Crippen LogP contribution is 2.34. The van der Waals surface area contributed by atoms with E-state index in [1.165, 1.54) is 30.5 Å². The molecule has 2 aromatic rings. The molecular formula is C18H21F3N4O3. The van der Waals surface area contributed by atoms with Crippen molar-refractivity contribution in [1.82, 2.24) is 10.1 Å². The van der Waals surface area contributed by atoms with Gasteiger partial charge in [-0.3, -0.25) is 4.79 Å². The maximum absolute atomic E-state index is 13.1. The molecule has 0 atom stereocenters. The number of para-hydroxylation sites is 1. The second-order valence-corrected chi connectivity index (χ2v) is 6.04. The second-order valence-electron chi connectivity index (χ2n) is 6.04. The quantitative estimate of drug-likeness (QED) is 0.647. The first kappa shape index (κ1) is 21.3. The van der Waals surface area contributed by atoms with E-state index in [4.69, 9.17) is 0 Å². The standard InChI is InChI=1S/C18H21F3N4O3/c1-2-3-6-10-25(12-16(26)23-15-9-11-28-24-15)17(27)22-14-8-5-4-7-13(14)18(19,20)21/h4-5,7-9,11H,2-3,6,10,12H2,1H3,(H,22,27)(H,23,24,26). The van der Waals surface area contributed by atoms with Crippen LogP contribution in [0, 0.1) is 0 Å². The Morgan fingerprint density at radius 3 is 2.54 bits per heavy atom. The van der Waals surface area contributed by atoms with Crippen LogP contribution in [0.2, 0.25) is 0 Å². The Labute approximate surface area is 159 Å². The number of hydrogen-bond acceptors (Lipinski definition) is 4. The second kappa shape index (κ2) is 9.77. The van der Waals surface area contributed by atoms with Crippen LogP contribution in [0.15, 0.2) is 41.1 Å². The van der Waals surface area contributed by atoms with Crippen molar-refractivity contribution in [2.45, 2.75) is 32.4 Å². The van der Waals surface area contributed by atoms with Crippen molar-refractivity contribution in [3.05, 3.63) is 42.2 Å². The Kier molecular flexibility index (Phi) is 7.42. The molecule has 1 heterocycles. The number of benzene rings is 1. The van der Waals surface area contributed by atoms with E-state index in [1.807, 2.05) is 6.92 Å². The Morgan fingerprint density at radius 1 is 1.14 bits per heavy atom. The first-order chi connectivity index (χ1) is 13.3.